The molecular formula is C12H16Cl2N2S. The van der Waals surface area contributed by atoms with Gasteiger partial charge in [0.15, 0.2) is 5.11 Å². The van der Waals surface area contributed by atoms with Crippen LogP contribution in [0.3, 0.4) is 0 Å². The third kappa shape index (κ3) is 5.57. The highest BCUT2D eigenvalue weighted by Gasteiger charge is 2.01. The SMILES string of the molecule is CCCCCNC(=S)Nc1ccc(Cl)c(Cl)c1. The Kier molecular flexibility index (Phi) is 6.63. The van der Waals surface area contributed by atoms with Gasteiger partial charge in [0.2, 0.25) is 0 Å². The first-order valence-electron chi connectivity index (χ1n) is 5.63. The van der Waals surface area contributed by atoms with E-state index in [-0.39, 0.29) is 0 Å². The molecule has 0 aliphatic rings. The van der Waals surface area contributed by atoms with Crippen molar-refractivity contribution in [2.45, 2.75) is 26.2 Å². The van der Waals surface area contributed by atoms with Crippen molar-refractivity contribution in [3.05, 3.63) is 28.2 Å². The van der Waals surface area contributed by atoms with Crippen LogP contribution >= 0.6 is 35.4 Å². The molecule has 2 nitrogen and oxygen atoms in total. The summed E-state index contributed by atoms with van der Waals surface area (Å²) in [6, 6.07) is 5.34. The summed E-state index contributed by atoms with van der Waals surface area (Å²) in [7, 11) is 0. The van der Waals surface area contributed by atoms with Gasteiger partial charge in [-0.05, 0) is 36.8 Å². The van der Waals surface area contributed by atoms with Crippen LogP contribution in [0.25, 0.3) is 0 Å². The molecule has 0 heterocycles. The number of hydrogen-bond acceptors (Lipinski definition) is 1. The maximum absolute atomic E-state index is 5.91. The summed E-state index contributed by atoms with van der Waals surface area (Å²) in [5, 5.41) is 7.88. The average Bonchev–Trinajstić information content (AvgIpc) is 2.30. The molecule has 17 heavy (non-hydrogen) atoms. The number of unbranched alkanes of at least 4 members (excludes halogenated alkanes) is 2. The van der Waals surface area contributed by atoms with E-state index in [0.717, 1.165) is 18.7 Å². The molecule has 0 fully saturated rings. The number of hydrogen-bond donors (Lipinski definition) is 2. The molecule has 0 radical (unpaired) electrons. The van der Waals surface area contributed by atoms with Gasteiger partial charge in [0.25, 0.3) is 0 Å². The highest BCUT2D eigenvalue weighted by atomic mass is 35.5. The van der Waals surface area contributed by atoms with Crippen LogP contribution in [0.15, 0.2) is 18.2 Å². The summed E-state index contributed by atoms with van der Waals surface area (Å²) in [6.07, 6.45) is 3.54. The van der Waals surface area contributed by atoms with Crippen molar-refractivity contribution in [3.63, 3.8) is 0 Å². The standard InChI is InChI=1S/C12H16Cl2N2S/c1-2-3-4-7-15-12(17)16-9-5-6-10(13)11(14)8-9/h5-6,8H,2-4,7H2,1H3,(H2,15,16,17). The molecule has 1 rings (SSSR count). The van der Waals surface area contributed by atoms with Gasteiger partial charge in [-0.3, -0.25) is 0 Å². The van der Waals surface area contributed by atoms with E-state index in [4.69, 9.17) is 35.4 Å². The van der Waals surface area contributed by atoms with Gasteiger partial charge in [0.1, 0.15) is 0 Å². The second kappa shape index (κ2) is 7.75. The molecule has 0 atom stereocenters. The Hall–Kier alpha value is -0.510. The van der Waals surface area contributed by atoms with Gasteiger partial charge >= 0.3 is 0 Å². The summed E-state index contributed by atoms with van der Waals surface area (Å²) < 4.78 is 0. The quantitative estimate of drug-likeness (QED) is 0.618. The van der Waals surface area contributed by atoms with E-state index in [1.807, 2.05) is 6.07 Å². The first kappa shape index (κ1) is 14.6. The Morgan fingerprint density at radius 1 is 1.24 bits per heavy atom. The normalized spacial score (nSPS) is 10.1. The lowest BCUT2D eigenvalue weighted by Crippen LogP contribution is -2.29. The maximum Gasteiger partial charge on any atom is 0.170 e. The molecule has 2 N–H and O–H groups in total. The molecule has 1 aromatic carbocycles. The van der Waals surface area contributed by atoms with Crippen LogP contribution in [0.5, 0.6) is 0 Å². The summed E-state index contributed by atoms with van der Waals surface area (Å²) in [4.78, 5) is 0. The molecule has 94 valence electrons. The van der Waals surface area contributed by atoms with Gasteiger partial charge in [-0.1, -0.05) is 43.0 Å². The zero-order valence-corrected chi connectivity index (χ0v) is 12.1. The fourth-order valence-electron chi connectivity index (χ4n) is 1.33. The number of benzene rings is 1. The monoisotopic (exact) mass is 290 g/mol. The zero-order chi connectivity index (χ0) is 12.7. The largest absolute Gasteiger partial charge is 0.362 e. The number of anilines is 1. The first-order valence-corrected chi connectivity index (χ1v) is 6.79. The third-order valence-electron chi connectivity index (χ3n) is 2.24. The lowest BCUT2D eigenvalue weighted by Gasteiger charge is -2.10. The molecule has 0 unspecified atom stereocenters. The predicted molar refractivity (Wildman–Crippen MR) is 80.2 cm³/mol. The van der Waals surface area contributed by atoms with Gasteiger partial charge in [-0.2, -0.15) is 0 Å². The van der Waals surface area contributed by atoms with Crippen molar-refractivity contribution in [1.82, 2.24) is 5.32 Å². The summed E-state index contributed by atoms with van der Waals surface area (Å²) in [5.41, 5.74) is 0.840. The van der Waals surface area contributed by atoms with Crippen molar-refractivity contribution in [3.8, 4) is 0 Å². The summed E-state index contributed by atoms with van der Waals surface area (Å²) >= 11 is 16.9. The van der Waals surface area contributed by atoms with E-state index in [9.17, 15) is 0 Å². The van der Waals surface area contributed by atoms with Crippen LogP contribution in [0, 0.1) is 0 Å². The average molecular weight is 291 g/mol. The topological polar surface area (TPSA) is 24.1 Å². The fraction of sp³-hybridized carbons (Fsp3) is 0.417. The smallest absolute Gasteiger partial charge is 0.170 e. The van der Waals surface area contributed by atoms with E-state index in [1.54, 1.807) is 12.1 Å². The number of rotatable bonds is 5. The Labute approximate surface area is 118 Å². The van der Waals surface area contributed by atoms with Crippen LogP contribution in [-0.4, -0.2) is 11.7 Å². The fourth-order valence-corrected chi connectivity index (χ4v) is 1.84. The molecule has 0 bridgehead atoms. The molecule has 0 saturated heterocycles. The Bertz CT molecular complexity index is 383. The number of halogens is 2. The van der Waals surface area contributed by atoms with Crippen molar-refractivity contribution in [2.75, 3.05) is 11.9 Å². The highest BCUT2D eigenvalue weighted by molar-refractivity contribution is 7.80. The van der Waals surface area contributed by atoms with Crippen molar-refractivity contribution < 1.29 is 0 Å². The molecule has 0 aliphatic carbocycles. The van der Waals surface area contributed by atoms with Gasteiger partial charge in [0.05, 0.1) is 10.0 Å². The third-order valence-corrected chi connectivity index (χ3v) is 3.23. The second-order valence-electron chi connectivity index (χ2n) is 3.72. The molecular weight excluding hydrogens is 275 g/mol. The number of nitrogens with one attached hydrogen (secondary N) is 2. The first-order chi connectivity index (χ1) is 8.13. The van der Waals surface area contributed by atoms with Gasteiger partial charge in [-0.15, -0.1) is 0 Å². The highest BCUT2D eigenvalue weighted by Crippen LogP contribution is 2.24. The molecule has 0 aliphatic heterocycles. The van der Waals surface area contributed by atoms with E-state index in [2.05, 4.69) is 17.6 Å². The van der Waals surface area contributed by atoms with E-state index < -0.39 is 0 Å². The zero-order valence-electron chi connectivity index (χ0n) is 9.72. The van der Waals surface area contributed by atoms with Crippen molar-refractivity contribution >= 4 is 46.2 Å². The number of thiocarbonyl (C=S) groups is 1. The summed E-state index contributed by atoms with van der Waals surface area (Å²) in [5.74, 6) is 0. The molecule has 0 spiro atoms. The van der Waals surface area contributed by atoms with Crippen LogP contribution < -0.4 is 10.6 Å². The van der Waals surface area contributed by atoms with E-state index >= 15 is 0 Å². The van der Waals surface area contributed by atoms with Crippen LogP contribution in [0.1, 0.15) is 26.2 Å². The minimum atomic E-state index is 0.519. The van der Waals surface area contributed by atoms with Crippen LogP contribution in [0.2, 0.25) is 10.0 Å². The Morgan fingerprint density at radius 2 is 2.00 bits per heavy atom. The van der Waals surface area contributed by atoms with Gasteiger partial charge in [0, 0.05) is 12.2 Å². The molecule has 5 heteroatoms. The Morgan fingerprint density at radius 3 is 2.65 bits per heavy atom. The van der Waals surface area contributed by atoms with Crippen LogP contribution in [0.4, 0.5) is 5.69 Å². The van der Waals surface area contributed by atoms with Crippen molar-refractivity contribution in [1.29, 1.82) is 0 Å². The van der Waals surface area contributed by atoms with Crippen LogP contribution in [-0.2, 0) is 0 Å². The lowest BCUT2D eigenvalue weighted by molar-refractivity contribution is 0.698. The lowest BCUT2D eigenvalue weighted by atomic mass is 10.2. The molecule has 0 saturated carbocycles. The maximum atomic E-state index is 5.91. The predicted octanol–water partition coefficient (Wildman–Crippen LogP) is 4.47. The van der Waals surface area contributed by atoms with E-state index in [1.165, 1.54) is 12.8 Å². The Balaban J connectivity index is 2.37. The van der Waals surface area contributed by atoms with E-state index in [0.29, 0.717) is 15.2 Å². The van der Waals surface area contributed by atoms with Crippen molar-refractivity contribution in [2.24, 2.45) is 0 Å². The summed E-state index contributed by atoms with van der Waals surface area (Å²) in [6.45, 7) is 3.06. The molecule has 1 aromatic rings. The minimum Gasteiger partial charge on any atom is -0.362 e. The minimum absolute atomic E-state index is 0.519. The molecule has 0 amide bonds. The molecule has 0 aromatic heterocycles. The van der Waals surface area contributed by atoms with Gasteiger partial charge < -0.3 is 10.6 Å². The van der Waals surface area contributed by atoms with Gasteiger partial charge in [-0.25, -0.2) is 0 Å². The second-order valence-corrected chi connectivity index (χ2v) is 4.94.